The number of methoxy groups -OCH3 is 1. The summed E-state index contributed by atoms with van der Waals surface area (Å²) in [5.41, 5.74) is 5.41. The van der Waals surface area contributed by atoms with Crippen molar-refractivity contribution >= 4 is 0 Å². The summed E-state index contributed by atoms with van der Waals surface area (Å²) in [6.45, 7) is 7.98. The van der Waals surface area contributed by atoms with Gasteiger partial charge in [-0.3, -0.25) is 0 Å². The van der Waals surface area contributed by atoms with Crippen molar-refractivity contribution in [1.82, 2.24) is 10.1 Å². The molecule has 0 bridgehead atoms. The van der Waals surface area contributed by atoms with Crippen LogP contribution in [0.1, 0.15) is 51.9 Å². The summed E-state index contributed by atoms with van der Waals surface area (Å²) >= 11 is 0. The molecule has 1 heterocycles. The highest BCUT2D eigenvalue weighted by Crippen LogP contribution is 2.23. The molecule has 5 heteroatoms. The van der Waals surface area contributed by atoms with E-state index in [9.17, 15) is 0 Å². The molecule has 1 rings (SSSR count). The largest absolute Gasteiger partial charge is 0.371 e. The van der Waals surface area contributed by atoms with Crippen molar-refractivity contribution in [3.63, 3.8) is 0 Å². The molecule has 16 heavy (non-hydrogen) atoms. The molecule has 5 nitrogen and oxygen atoms in total. The van der Waals surface area contributed by atoms with Gasteiger partial charge >= 0.3 is 0 Å². The number of aromatic nitrogens is 2. The Kier molecular flexibility index (Phi) is 4.04. The van der Waals surface area contributed by atoms with E-state index in [-0.39, 0.29) is 6.04 Å². The molecular formula is C11H21N3O2. The van der Waals surface area contributed by atoms with Crippen molar-refractivity contribution in [2.24, 2.45) is 11.7 Å². The Morgan fingerprint density at radius 2 is 2.06 bits per heavy atom. The van der Waals surface area contributed by atoms with E-state index in [0.717, 1.165) is 6.42 Å². The van der Waals surface area contributed by atoms with Crippen LogP contribution in [0.25, 0.3) is 0 Å². The molecule has 0 aromatic carbocycles. The molecule has 1 atom stereocenters. The molecule has 0 fully saturated rings. The number of rotatable bonds is 5. The number of hydrogen-bond acceptors (Lipinski definition) is 5. The Hall–Kier alpha value is -0.940. The van der Waals surface area contributed by atoms with Crippen LogP contribution in [0.2, 0.25) is 0 Å². The summed E-state index contributed by atoms with van der Waals surface area (Å²) in [6, 6.07) is -0.200. The van der Waals surface area contributed by atoms with E-state index in [0.29, 0.717) is 17.6 Å². The summed E-state index contributed by atoms with van der Waals surface area (Å²) in [7, 11) is 1.62. The molecule has 0 aliphatic rings. The Balaban J connectivity index is 2.79. The summed E-state index contributed by atoms with van der Waals surface area (Å²) in [4.78, 5) is 4.28. The summed E-state index contributed by atoms with van der Waals surface area (Å²) < 4.78 is 10.4. The molecule has 0 unspecified atom stereocenters. The zero-order chi connectivity index (χ0) is 12.3. The van der Waals surface area contributed by atoms with Gasteiger partial charge < -0.3 is 15.0 Å². The van der Waals surface area contributed by atoms with Crippen LogP contribution < -0.4 is 5.73 Å². The van der Waals surface area contributed by atoms with Crippen molar-refractivity contribution in [2.45, 2.75) is 45.8 Å². The van der Waals surface area contributed by atoms with Gasteiger partial charge in [-0.25, -0.2) is 0 Å². The van der Waals surface area contributed by atoms with E-state index in [1.54, 1.807) is 7.11 Å². The minimum Gasteiger partial charge on any atom is -0.371 e. The van der Waals surface area contributed by atoms with Crippen LogP contribution in [0.15, 0.2) is 4.52 Å². The average Bonchev–Trinajstić information content (AvgIpc) is 2.66. The van der Waals surface area contributed by atoms with Crippen molar-refractivity contribution in [2.75, 3.05) is 7.11 Å². The highest BCUT2D eigenvalue weighted by Gasteiger charge is 2.27. The fourth-order valence-corrected chi connectivity index (χ4v) is 1.33. The van der Waals surface area contributed by atoms with Crippen molar-refractivity contribution in [3.05, 3.63) is 11.7 Å². The van der Waals surface area contributed by atoms with Crippen LogP contribution in [-0.2, 0) is 10.3 Å². The lowest BCUT2D eigenvalue weighted by atomic mass is 10.0. The minimum absolute atomic E-state index is 0.200. The SMILES string of the molecule is COC(C)(C)c1noc([C@H](N)CC(C)C)n1. The first-order valence-electron chi connectivity index (χ1n) is 5.51. The molecule has 1 aromatic rings. The molecule has 1 aromatic heterocycles. The van der Waals surface area contributed by atoms with Crippen LogP contribution in [0.3, 0.4) is 0 Å². The lowest BCUT2D eigenvalue weighted by molar-refractivity contribution is 0.00973. The van der Waals surface area contributed by atoms with Crippen molar-refractivity contribution in [1.29, 1.82) is 0 Å². The maximum Gasteiger partial charge on any atom is 0.243 e. The number of nitrogens with two attached hydrogens (primary N) is 1. The standard InChI is InChI=1S/C11H21N3O2/c1-7(2)6-8(12)9-13-10(14-16-9)11(3,4)15-5/h7-8H,6,12H2,1-5H3/t8-/m1/s1. The van der Waals surface area contributed by atoms with Gasteiger partial charge in [0.05, 0.1) is 6.04 Å². The summed E-state index contributed by atoms with van der Waals surface area (Å²) in [5.74, 6) is 1.51. The number of hydrogen-bond donors (Lipinski definition) is 1. The normalized spacial score (nSPS) is 14.4. The molecule has 92 valence electrons. The predicted molar refractivity (Wildman–Crippen MR) is 60.7 cm³/mol. The smallest absolute Gasteiger partial charge is 0.243 e. The van der Waals surface area contributed by atoms with Crippen LogP contribution in [0.4, 0.5) is 0 Å². The molecular weight excluding hydrogens is 206 g/mol. The first-order valence-corrected chi connectivity index (χ1v) is 5.51. The highest BCUT2D eigenvalue weighted by atomic mass is 16.5. The van der Waals surface area contributed by atoms with E-state index in [2.05, 4.69) is 24.0 Å². The van der Waals surface area contributed by atoms with Gasteiger partial charge in [-0.05, 0) is 26.2 Å². The van der Waals surface area contributed by atoms with Gasteiger partial charge in [-0.15, -0.1) is 0 Å². The molecule has 0 spiro atoms. The van der Waals surface area contributed by atoms with Crippen molar-refractivity contribution in [3.8, 4) is 0 Å². The second kappa shape index (κ2) is 4.93. The topological polar surface area (TPSA) is 74.2 Å². The first kappa shape index (κ1) is 13.1. The Bertz CT molecular complexity index is 334. The second-order valence-corrected chi connectivity index (χ2v) is 4.91. The van der Waals surface area contributed by atoms with Crippen LogP contribution in [0.5, 0.6) is 0 Å². The van der Waals surface area contributed by atoms with E-state index < -0.39 is 5.60 Å². The highest BCUT2D eigenvalue weighted by molar-refractivity contribution is 4.99. The van der Waals surface area contributed by atoms with Gasteiger partial charge in [0, 0.05) is 7.11 Å². The zero-order valence-electron chi connectivity index (χ0n) is 10.7. The third-order valence-electron chi connectivity index (χ3n) is 2.53. The van der Waals surface area contributed by atoms with Gasteiger partial charge in [-0.1, -0.05) is 19.0 Å². The fraction of sp³-hybridized carbons (Fsp3) is 0.818. The van der Waals surface area contributed by atoms with Crippen molar-refractivity contribution < 1.29 is 9.26 Å². The van der Waals surface area contributed by atoms with E-state index in [1.165, 1.54) is 0 Å². The van der Waals surface area contributed by atoms with Gasteiger partial charge in [0.25, 0.3) is 0 Å². The molecule has 0 amide bonds. The lowest BCUT2D eigenvalue weighted by Gasteiger charge is -2.17. The third kappa shape index (κ3) is 3.02. The maximum atomic E-state index is 5.96. The summed E-state index contributed by atoms with van der Waals surface area (Å²) in [5, 5.41) is 3.90. The second-order valence-electron chi connectivity index (χ2n) is 4.91. The molecule has 2 N–H and O–H groups in total. The van der Waals surface area contributed by atoms with Gasteiger partial charge in [0.1, 0.15) is 5.60 Å². The monoisotopic (exact) mass is 227 g/mol. The number of ether oxygens (including phenoxy) is 1. The fourth-order valence-electron chi connectivity index (χ4n) is 1.33. The predicted octanol–water partition coefficient (Wildman–Crippen LogP) is 2.00. The third-order valence-corrected chi connectivity index (χ3v) is 2.53. The van der Waals surface area contributed by atoms with E-state index >= 15 is 0 Å². The van der Waals surface area contributed by atoms with E-state index in [1.807, 2.05) is 13.8 Å². The Morgan fingerprint density at radius 1 is 1.44 bits per heavy atom. The lowest BCUT2D eigenvalue weighted by Crippen LogP contribution is -2.21. The molecule has 0 aliphatic heterocycles. The first-order chi connectivity index (χ1) is 7.36. The number of nitrogens with zero attached hydrogens (tertiary/aromatic N) is 2. The quantitative estimate of drug-likeness (QED) is 0.832. The van der Waals surface area contributed by atoms with Gasteiger partial charge in [0.15, 0.2) is 0 Å². The van der Waals surface area contributed by atoms with Gasteiger partial charge in [-0.2, -0.15) is 4.98 Å². The average molecular weight is 227 g/mol. The minimum atomic E-state index is -0.542. The zero-order valence-corrected chi connectivity index (χ0v) is 10.7. The van der Waals surface area contributed by atoms with Gasteiger partial charge in [0.2, 0.25) is 11.7 Å². The molecule has 0 saturated heterocycles. The van der Waals surface area contributed by atoms with Crippen LogP contribution >= 0.6 is 0 Å². The van der Waals surface area contributed by atoms with Crippen LogP contribution in [0, 0.1) is 5.92 Å². The molecule has 0 radical (unpaired) electrons. The van der Waals surface area contributed by atoms with Crippen LogP contribution in [-0.4, -0.2) is 17.3 Å². The Morgan fingerprint density at radius 3 is 2.56 bits per heavy atom. The summed E-state index contributed by atoms with van der Waals surface area (Å²) in [6.07, 6.45) is 0.828. The molecule has 0 aliphatic carbocycles. The Labute approximate surface area is 96.4 Å². The molecule has 0 saturated carbocycles. The maximum absolute atomic E-state index is 5.96. The van der Waals surface area contributed by atoms with E-state index in [4.69, 9.17) is 15.0 Å².